The number of allylic oxidation sites excluding steroid dienone is 1. The third kappa shape index (κ3) is 6.46. The van der Waals surface area contributed by atoms with E-state index in [9.17, 15) is 24.0 Å². The van der Waals surface area contributed by atoms with Gasteiger partial charge in [0.25, 0.3) is 0 Å². The average Bonchev–Trinajstić information content (AvgIpc) is 3.29. The molecule has 0 unspecified atom stereocenters. The van der Waals surface area contributed by atoms with Crippen LogP contribution in [0.15, 0.2) is 42.0 Å². The van der Waals surface area contributed by atoms with Crippen molar-refractivity contribution in [3.05, 3.63) is 47.5 Å². The summed E-state index contributed by atoms with van der Waals surface area (Å²) in [5, 5.41) is 0. The number of ketones is 2. The van der Waals surface area contributed by atoms with E-state index in [-0.39, 0.29) is 65.8 Å². The summed E-state index contributed by atoms with van der Waals surface area (Å²) in [6.45, 7) is 11.3. The van der Waals surface area contributed by atoms with Gasteiger partial charge in [-0.25, -0.2) is 4.79 Å². The zero-order chi connectivity index (χ0) is 33.4. The third-order valence-electron chi connectivity index (χ3n) is 12.1. The second-order valence-electron chi connectivity index (χ2n) is 15.0. The quantitative estimate of drug-likeness (QED) is 0.207. The summed E-state index contributed by atoms with van der Waals surface area (Å²) in [5.41, 5.74) is 0.633. The van der Waals surface area contributed by atoms with E-state index in [0.717, 1.165) is 37.7 Å². The van der Waals surface area contributed by atoms with Crippen molar-refractivity contribution in [1.82, 2.24) is 0 Å². The first-order valence-corrected chi connectivity index (χ1v) is 17.1. The summed E-state index contributed by atoms with van der Waals surface area (Å²) in [4.78, 5) is 64.3. The van der Waals surface area contributed by atoms with Gasteiger partial charge >= 0.3 is 17.9 Å². The molecule has 250 valence electrons. The number of hydrogen-bond donors (Lipinski definition) is 0. The van der Waals surface area contributed by atoms with Gasteiger partial charge in [0.05, 0.1) is 12.2 Å². The van der Waals surface area contributed by atoms with E-state index in [1.807, 2.05) is 26.8 Å². The van der Waals surface area contributed by atoms with E-state index in [0.29, 0.717) is 24.3 Å². The van der Waals surface area contributed by atoms with Crippen LogP contribution in [-0.4, -0.2) is 48.3 Å². The largest absolute Gasteiger partial charge is 0.466 e. The number of ether oxygens (including phenoxy) is 3. The van der Waals surface area contributed by atoms with Crippen LogP contribution in [0.5, 0.6) is 0 Å². The standard InChI is InChI=1S/C38H50O8/c1-22(21-44-24(3)39)12-15-32(41)23(2)35-33(42)19-31-29-14-13-27-18-28(45-25(4)40)16-17-37(27,5)30(29)20-34(38(31,35)6)46-36(43)26-10-8-7-9-11-26/h7-11,19,22-23,27-30,34-35H,12-18,20-21H2,1-6H3/t22-,23+,27+,28+,29-,30+,34-,35+,37+,38-/m1/s1. The summed E-state index contributed by atoms with van der Waals surface area (Å²) >= 11 is 0. The molecule has 0 heterocycles. The van der Waals surface area contributed by atoms with Gasteiger partial charge in [-0.05, 0) is 92.2 Å². The Kier molecular flexibility index (Phi) is 9.95. The molecule has 0 amide bonds. The Hall–Kier alpha value is -3.29. The van der Waals surface area contributed by atoms with Crippen LogP contribution >= 0.6 is 0 Å². The van der Waals surface area contributed by atoms with Crippen molar-refractivity contribution < 1.29 is 38.2 Å². The number of benzene rings is 1. The first kappa shape index (κ1) is 34.1. The monoisotopic (exact) mass is 634 g/mol. The fourth-order valence-electron chi connectivity index (χ4n) is 9.60. The molecule has 8 nitrogen and oxygen atoms in total. The summed E-state index contributed by atoms with van der Waals surface area (Å²) in [7, 11) is 0. The molecule has 10 atom stereocenters. The Bertz CT molecular complexity index is 1380. The number of hydrogen-bond acceptors (Lipinski definition) is 8. The van der Waals surface area contributed by atoms with Crippen molar-refractivity contribution in [3.8, 4) is 0 Å². The highest BCUT2D eigenvalue weighted by Crippen LogP contribution is 2.67. The number of esters is 3. The molecule has 46 heavy (non-hydrogen) atoms. The van der Waals surface area contributed by atoms with Gasteiger partial charge in [-0.3, -0.25) is 19.2 Å². The lowest BCUT2D eigenvalue weighted by atomic mass is 9.45. The molecule has 0 bridgehead atoms. The summed E-state index contributed by atoms with van der Waals surface area (Å²) in [6, 6.07) is 8.94. The van der Waals surface area contributed by atoms with Gasteiger partial charge in [0.2, 0.25) is 0 Å². The van der Waals surface area contributed by atoms with E-state index >= 15 is 0 Å². The molecule has 0 aromatic heterocycles. The first-order valence-electron chi connectivity index (χ1n) is 17.1. The zero-order valence-electron chi connectivity index (χ0n) is 28.2. The highest BCUT2D eigenvalue weighted by atomic mass is 16.5. The average molecular weight is 635 g/mol. The van der Waals surface area contributed by atoms with Gasteiger partial charge in [0, 0.05) is 37.5 Å². The van der Waals surface area contributed by atoms with E-state index < -0.39 is 29.3 Å². The fourth-order valence-corrected chi connectivity index (χ4v) is 9.60. The SMILES string of the molecule is CC(=O)OC[C@H](C)CCC(=O)[C@H](C)[C@H]1C(=O)C=C2[C@@H]3CC[C@H]4C[C@@H](OC(C)=O)CC[C@]4(C)[C@H]3C[C@@H](OC(=O)c3ccccc3)[C@@]21C. The minimum Gasteiger partial charge on any atom is -0.466 e. The van der Waals surface area contributed by atoms with Crippen LogP contribution in [0.4, 0.5) is 0 Å². The molecule has 0 saturated heterocycles. The second kappa shape index (κ2) is 13.4. The molecule has 0 spiro atoms. The van der Waals surface area contributed by atoms with E-state index in [1.165, 1.54) is 13.8 Å². The fraction of sp³-hybridized carbons (Fsp3) is 0.658. The Morgan fingerprint density at radius 2 is 1.65 bits per heavy atom. The maximum atomic E-state index is 14.0. The van der Waals surface area contributed by atoms with Gasteiger partial charge < -0.3 is 14.2 Å². The number of rotatable bonds is 10. The highest BCUT2D eigenvalue weighted by molar-refractivity contribution is 6.00. The lowest BCUT2D eigenvalue weighted by Gasteiger charge is -2.61. The number of carbonyl (C=O) groups excluding carboxylic acids is 5. The van der Waals surface area contributed by atoms with E-state index in [4.69, 9.17) is 14.2 Å². The van der Waals surface area contributed by atoms with Gasteiger partial charge in [0.1, 0.15) is 18.0 Å². The van der Waals surface area contributed by atoms with Crippen molar-refractivity contribution in [2.75, 3.05) is 6.61 Å². The topological polar surface area (TPSA) is 113 Å². The van der Waals surface area contributed by atoms with E-state index in [1.54, 1.807) is 30.3 Å². The van der Waals surface area contributed by atoms with Crippen LogP contribution < -0.4 is 0 Å². The molecule has 4 aliphatic rings. The van der Waals surface area contributed by atoms with Crippen molar-refractivity contribution in [3.63, 3.8) is 0 Å². The normalized spacial score (nSPS) is 34.6. The van der Waals surface area contributed by atoms with Crippen LogP contribution in [0.2, 0.25) is 0 Å². The molecule has 4 aliphatic carbocycles. The number of carbonyl (C=O) groups is 5. The Labute approximate surface area is 273 Å². The Morgan fingerprint density at radius 1 is 0.935 bits per heavy atom. The number of fused-ring (bicyclic) bond motifs is 5. The zero-order valence-corrected chi connectivity index (χ0v) is 28.2. The predicted octanol–water partition coefficient (Wildman–Crippen LogP) is 6.70. The molecule has 5 rings (SSSR count). The second-order valence-corrected chi connectivity index (χ2v) is 15.0. The van der Waals surface area contributed by atoms with Crippen molar-refractivity contribution in [2.45, 2.75) is 105 Å². The summed E-state index contributed by atoms with van der Waals surface area (Å²) in [6.07, 6.45) is 7.01. The Balaban J connectivity index is 1.43. The first-order chi connectivity index (χ1) is 21.7. The minimum atomic E-state index is -0.806. The van der Waals surface area contributed by atoms with Crippen LogP contribution in [0.3, 0.4) is 0 Å². The van der Waals surface area contributed by atoms with Crippen LogP contribution in [-0.2, 0) is 33.4 Å². The summed E-state index contributed by atoms with van der Waals surface area (Å²) in [5.74, 6) is -1.52. The van der Waals surface area contributed by atoms with Gasteiger partial charge in [-0.15, -0.1) is 0 Å². The van der Waals surface area contributed by atoms with Crippen LogP contribution in [0.25, 0.3) is 0 Å². The molecule has 8 heteroatoms. The third-order valence-corrected chi connectivity index (χ3v) is 12.1. The summed E-state index contributed by atoms with van der Waals surface area (Å²) < 4.78 is 17.2. The maximum absolute atomic E-state index is 14.0. The molecule has 0 aliphatic heterocycles. The molecular formula is C38H50O8. The van der Waals surface area contributed by atoms with Crippen molar-refractivity contribution >= 4 is 29.5 Å². The molecule has 3 saturated carbocycles. The molecular weight excluding hydrogens is 584 g/mol. The van der Waals surface area contributed by atoms with Crippen LogP contribution in [0.1, 0.15) is 103 Å². The minimum absolute atomic E-state index is 0.00127. The smallest absolute Gasteiger partial charge is 0.338 e. The molecule has 1 aromatic rings. The van der Waals surface area contributed by atoms with Crippen molar-refractivity contribution in [2.24, 2.45) is 46.3 Å². The van der Waals surface area contributed by atoms with Gasteiger partial charge in [-0.1, -0.05) is 51.5 Å². The maximum Gasteiger partial charge on any atom is 0.338 e. The van der Waals surface area contributed by atoms with Gasteiger partial charge in [-0.2, -0.15) is 0 Å². The highest BCUT2D eigenvalue weighted by Gasteiger charge is 2.65. The molecule has 0 radical (unpaired) electrons. The van der Waals surface area contributed by atoms with Crippen molar-refractivity contribution in [1.29, 1.82) is 0 Å². The lowest BCUT2D eigenvalue weighted by Crippen LogP contribution is -2.58. The predicted molar refractivity (Wildman–Crippen MR) is 171 cm³/mol. The molecule has 3 fully saturated rings. The van der Waals surface area contributed by atoms with E-state index in [2.05, 4.69) is 6.92 Å². The Morgan fingerprint density at radius 3 is 2.33 bits per heavy atom. The molecule has 1 aromatic carbocycles. The van der Waals surface area contributed by atoms with Crippen LogP contribution in [0, 0.1) is 46.3 Å². The number of Topliss-reactive ketones (excluding diaryl/α,β-unsaturated/α-hetero) is 1. The molecule has 0 N–H and O–H groups in total. The lowest BCUT2D eigenvalue weighted by molar-refractivity contribution is -0.159. The van der Waals surface area contributed by atoms with Gasteiger partial charge in [0.15, 0.2) is 5.78 Å².